The highest BCUT2D eigenvalue weighted by Crippen LogP contribution is 2.38. The molecule has 2 aromatic rings. The van der Waals surface area contributed by atoms with Crippen LogP contribution >= 0.6 is 11.8 Å². The van der Waals surface area contributed by atoms with Crippen LogP contribution in [0.3, 0.4) is 0 Å². The third-order valence-corrected chi connectivity index (χ3v) is 5.15. The lowest BCUT2D eigenvalue weighted by Crippen LogP contribution is -2.29. The van der Waals surface area contributed by atoms with Gasteiger partial charge >= 0.3 is 0 Å². The van der Waals surface area contributed by atoms with Crippen LogP contribution in [0.25, 0.3) is 11.1 Å². The number of hydrogen-bond donors (Lipinski definition) is 1. The van der Waals surface area contributed by atoms with E-state index in [-0.39, 0.29) is 0 Å². The standard InChI is InChI=1S/C17H19NS/c1-12-17(18-2)16-10-14(8-9-15(16)11-19-12)13-6-4-3-5-7-13/h3-10,12,17-18H,11H2,1-2H3. The topological polar surface area (TPSA) is 12.0 Å². The highest BCUT2D eigenvalue weighted by atomic mass is 32.2. The van der Waals surface area contributed by atoms with Crippen LogP contribution in [0.1, 0.15) is 24.1 Å². The Labute approximate surface area is 119 Å². The van der Waals surface area contributed by atoms with Crippen LogP contribution in [0.5, 0.6) is 0 Å². The quantitative estimate of drug-likeness (QED) is 0.874. The summed E-state index contributed by atoms with van der Waals surface area (Å²) in [6, 6.07) is 18.0. The van der Waals surface area contributed by atoms with Crippen molar-refractivity contribution in [3.63, 3.8) is 0 Å². The van der Waals surface area contributed by atoms with E-state index in [4.69, 9.17) is 0 Å². The maximum absolute atomic E-state index is 3.47. The molecule has 2 heteroatoms. The fourth-order valence-corrected chi connectivity index (χ4v) is 3.97. The SMILES string of the molecule is CNC1c2cc(-c3ccccc3)ccc2CSC1C. The number of hydrogen-bond acceptors (Lipinski definition) is 2. The van der Waals surface area contributed by atoms with Crippen LogP contribution in [0, 0.1) is 0 Å². The molecule has 0 saturated heterocycles. The summed E-state index contributed by atoms with van der Waals surface area (Å²) in [5, 5.41) is 4.10. The van der Waals surface area contributed by atoms with Gasteiger partial charge in [-0.05, 0) is 35.4 Å². The predicted molar refractivity (Wildman–Crippen MR) is 84.4 cm³/mol. The van der Waals surface area contributed by atoms with Crippen molar-refractivity contribution < 1.29 is 0 Å². The largest absolute Gasteiger partial charge is 0.312 e. The molecule has 0 fully saturated rings. The van der Waals surface area contributed by atoms with Crippen molar-refractivity contribution in [1.82, 2.24) is 5.32 Å². The number of fused-ring (bicyclic) bond motifs is 1. The van der Waals surface area contributed by atoms with Crippen LogP contribution in [0.2, 0.25) is 0 Å². The van der Waals surface area contributed by atoms with E-state index in [2.05, 4.69) is 67.8 Å². The van der Waals surface area contributed by atoms with Gasteiger partial charge in [0.25, 0.3) is 0 Å². The summed E-state index contributed by atoms with van der Waals surface area (Å²) in [5.74, 6) is 1.13. The van der Waals surface area contributed by atoms with Crippen LogP contribution in [-0.2, 0) is 5.75 Å². The van der Waals surface area contributed by atoms with Crippen molar-refractivity contribution >= 4 is 11.8 Å². The van der Waals surface area contributed by atoms with Crippen molar-refractivity contribution in [3.05, 3.63) is 59.7 Å². The average Bonchev–Trinajstić information content (AvgIpc) is 2.47. The van der Waals surface area contributed by atoms with Gasteiger partial charge in [0, 0.05) is 17.0 Å². The van der Waals surface area contributed by atoms with Gasteiger partial charge in [0.15, 0.2) is 0 Å². The summed E-state index contributed by atoms with van der Waals surface area (Å²) in [4.78, 5) is 0. The average molecular weight is 269 g/mol. The molecule has 2 atom stereocenters. The van der Waals surface area contributed by atoms with Crippen molar-refractivity contribution in [2.24, 2.45) is 0 Å². The Hall–Kier alpha value is -1.25. The van der Waals surface area contributed by atoms with E-state index in [0.717, 1.165) is 5.75 Å². The Balaban J connectivity index is 2.05. The first-order valence-electron chi connectivity index (χ1n) is 6.76. The van der Waals surface area contributed by atoms with E-state index in [1.54, 1.807) is 0 Å². The van der Waals surface area contributed by atoms with Gasteiger partial charge in [-0.1, -0.05) is 49.4 Å². The predicted octanol–water partition coefficient (Wildman–Crippen LogP) is 4.25. The number of thioether (sulfide) groups is 1. The maximum Gasteiger partial charge on any atom is 0.0438 e. The van der Waals surface area contributed by atoms with Crippen molar-refractivity contribution in [2.75, 3.05) is 7.05 Å². The monoisotopic (exact) mass is 269 g/mol. The molecular weight excluding hydrogens is 250 g/mol. The summed E-state index contributed by atoms with van der Waals surface area (Å²) in [5.41, 5.74) is 5.56. The van der Waals surface area contributed by atoms with E-state index >= 15 is 0 Å². The third-order valence-electron chi connectivity index (χ3n) is 3.87. The zero-order valence-corrected chi connectivity index (χ0v) is 12.2. The maximum atomic E-state index is 3.47. The number of benzene rings is 2. The minimum absolute atomic E-state index is 0.456. The zero-order valence-electron chi connectivity index (χ0n) is 11.4. The normalized spacial score (nSPS) is 22.0. The van der Waals surface area contributed by atoms with Crippen molar-refractivity contribution in [1.29, 1.82) is 0 Å². The van der Waals surface area contributed by atoms with E-state index < -0.39 is 0 Å². The molecule has 19 heavy (non-hydrogen) atoms. The van der Waals surface area contributed by atoms with Crippen molar-refractivity contribution in [3.8, 4) is 11.1 Å². The second-order valence-corrected chi connectivity index (χ2v) is 6.43. The highest BCUT2D eigenvalue weighted by molar-refractivity contribution is 7.99. The fraction of sp³-hybridized carbons (Fsp3) is 0.294. The summed E-state index contributed by atoms with van der Waals surface area (Å²) in [6.07, 6.45) is 0. The van der Waals surface area contributed by atoms with Gasteiger partial charge in [-0.15, -0.1) is 0 Å². The lowest BCUT2D eigenvalue weighted by molar-refractivity contribution is 0.579. The van der Waals surface area contributed by atoms with Gasteiger partial charge in [-0.3, -0.25) is 0 Å². The molecule has 0 amide bonds. The summed E-state index contributed by atoms with van der Waals surface area (Å²) in [6.45, 7) is 2.31. The Morgan fingerprint density at radius 2 is 1.84 bits per heavy atom. The van der Waals surface area contributed by atoms with E-state index in [0.29, 0.717) is 11.3 Å². The first kappa shape index (κ1) is 12.8. The molecule has 1 heterocycles. The van der Waals surface area contributed by atoms with Gasteiger partial charge in [-0.25, -0.2) is 0 Å². The Morgan fingerprint density at radius 3 is 2.58 bits per heavy atom. The Bertz CT molecular complexity index is 565. The molecule has 0 bridgehead atoms. The minimum atomic E-state index is 0.456. The molecule has 3 rings (SSSR count). The van der Waals surface area contributed by atoms with Crippen LogP contribution in [0.4, 0.5) is 0 Å². The molecule has 2 aromatic carbocycles. The highest BCUT2D eigenvalue weighted by Gasteiger charge is 2.25. The molecule has 1 aliphatic heterocycles. The van der Waals surface area contributed by atoms with Gasteiger partial charge < -0.3 is 5.32 Å². The Kier molecular flexibility index (Phi) is 3.63. The summed E-state index contributed by atoms with van der Waals surface area (Å²) >= 11 is 2.03. The lowest BCUT2D eigenvalue weighted by atomic mass is 9.93. The Morgan fingerprint density at radius 1 is 1.05 bits per heavy atom. The van der Waals surface area contributed by atoms with E-state index in [9.17, 15) is 0 Å². The van der Waals surface area contributed by atoms with Crippen LogP contribution in [-0.4, -0.2) is 12.3 Å². The van der Waals surface area contributed by atoms with Crippen LogP contribution in [0.15, 0.2) is 48.5 Å². The molecule has 0 aromatic heterocycles. The molecule has 0 radical (unpaired) electrons. The molecule has 98 valence electrons. The second-order valence-electron chi connectivity index (χ2n) is 5.06. The molecule has 1 nitrogen and oxygen atoms in total. The molecule has 0 aliphatic carbocycles. The molecule has 0 spiro atoms. The van der Waals surface area contributed by atoms with Gasteiger partial charge in [0.1, 0.15) is 0 Å². The number of nitrogens with one attached hydrogen (secondary N) is 1. The van der Waals surface area contributed by atoms with Crippen molar-refractivity contribution in [2.45, 2.75) is 24.0 Å². The van der Waals surface area contributed by atoms with Gasteiger partial charge in [-0.2, -0.15) is 11.8 Å². The first-order valence-corrected chi connectivity index (χ1v) is 7.81. The first-order chi connectivity index (χ1) is 9.29. The van der Waals surface area contributed by atoms with Crippen LogP contribution < -0.4 is 5.32 Å². The lowest BCUT2D eigenvalue weighted by Gasteiger charge is -2.31. The third kappa shape index (κ3) is 2.43. The minimum Gasteiger partial charge on any atom is -0.312 e. The van der Waals surface area contributed by atoms with E-state index in [1.807, 2.05) is 11.8 Å². The second kappa shape index (κ2) is 5.40. The van der Waals surface area contributed by atoms with Gasteiger partial charge in [0.2, 0.25) is 0 Å². The summed E-state index contributed by atoms with van der Waals surface area (Å²) in [7, 11) is 2.06. The smallest absolute Gasteiger partial charge is 0.0438 e. The van der Waals surface area contributed by atoms with E-state index in [1.165, 1.54) is 22.3 Å². The summed E-state index contributed by atoms with van der Waals surface area (Å²) < 4.78 is 0. The molecule has 2 unspecified atom stereocenters. The van der Waals surface area contributed by atoms with Gasteiger partial charge in [0.05, 0.1) is 0 Å². The fourth-order valence-electron chi connectivity index (χ4n) is 2.79. The molecule has 1 N–H and O–H groups in total. The molecular formula is C17H19NS. The molecule has 0 saturated carbocycles. The number of rotatable bonds is 2. The molecule has 1 aliphatic rings. The zero-order chi connectivity index (χ0) is 13.2.